The van der Waals surface area contributed by atoms with Crippen LogP contribution in [-0.4, -0.2) is 30.6 Å². The fourth-order valence-electron chi connectivity index (χ4n) is 4.11. The van der Waals surface area contributed by atoms with E-state index in [1.165, 1.54) is 11.8 Å². The van der Waals surface area contributed by atoms with Crippen LogP contribution in [0.15, 0.2) is 108 Å². The van der Waals surface area contributed by atoms with Gasteiger partial charge in [0.15, 0.2) is 0 Å². The van der Waals surface area contributed by atoms with E-state index in [4.69, 9.17) is 4.74 Å². The standard InChI is InChI=1S/C33H31N3O4S/c1-22-17-23(2)19-27(18-22)34-31(37)21-41-28-15-13-26(14-16-28)35-33(39)29(20-25-11-7-8-12-30(25)40-3)36-32(38)24-9-5-4-6-10-24/h4-20H,21H2,1-3H3,(H,34,37)(H,35,39)(H,36,38)/b29-20-. The van der Waals surface area contributed by atoms with Crippen LogP contribution >= 0.6 is 11.8 Å². The van der Waals surface area contributed by atoms with E-state index in [1.807, 2.05) is 56.3 Å². The quantitative estimate of drug-likeness (QED) is 0.152. The molecule has 8 heteroatoms. The Hall–Kier alpha value is -4.82. The maximum absolute atomic E-state index is 13.3. The van der Waals surface area contributed by atoms with Crippen LogP contribution in [0.2, 0.25) is 0 Å². The molecule has 3 N–H and O–H groups in total. The van der Waals surface area contributed by atoms with Crippen LogP contribution in [-0.2, 0) is 9.59 Å². The molecule has 0 aromatic heterocycles. The van der Waals surface area contributed by atoms with Gasteiger partial charge in [-0.2, -0.15) is 0 Å². The van der Waals surface area contributed by atoms with Gasteiger partial charge in [-0.05, 0) is 85.6 Å². The summed E-state index contributed by atoms with van der Waals surface area (Å²) >= 11 is 1.39. The van der Waals surface area contributed by atoms with E-state index in [0.717, 1.165) is 21.7 Å². The van der Waals surface area contributed by atoms with E-state index in [0.29, 0.717) is 22.6 Å². The Labute approximate surface area is 244 Å². The number of hydrogen-bond acceptors (Lipinski definition) is 5. The SMILES string of the molecule is COc1ccccc1/C=C(\NC(=O)c1ccccc1)C(=O)Nc1ccc(SCC(=O)Nc2cc(C)cc(C)c2)cc1. The lowest BCUT2D eigenvalue weighted by Crippen LogP contribution is -2.30. The van der Waals surface area contributed by atoms with Gasteiger partial charge in [-0.25, -0.2) is 0 Å². The van der Waals surface area contributed by atoms with Crippen molar-refractivity contribution in [3.63, 3.8) is 0 Å². The second-order valence-electron chi connectivity index (χ2n) is 9.31. The largest absolute Gasteiger partial charge is 0.496 e. The van der Waals surface area contributed by atoms with Gasteiger partial charge in [0.2, 0.25) is 5.91 Å². The van der Waals surface area contributed by atoms with Crippen LogP contribution in [0, 0.1) is 13.8 Å². The molecule has 0 atom stereocenters. The molecule has 0 saturated carbocycles. The number of aryl methyl sites for hydroxylation is 2. The van der Waals surface area contributed by atoms with Gasteiger partial charge >= 0.3 is 0 Å². The summed E-state index contributed by atoms with van der Waals surface area (Å²) < 4.78 is 5.41. The number of nitrogens with one attached hydrogen (secondary N) is 3. The Morgan fingerprint density at radius 2 is 1.44 bits per heavy atom. The molecule has 0 saturated heterocycles. The highest BCUT2D eigenvalue weighted by Gasteiger charge is 2.16. The van der Waals surface area contributed by atoms with Crippen molar-refractivity contribution in [2.45, 2.75) is 18.7 Å². The molecule has 0 aliphatic carbocycles. The normalized spacial score (nSPS) is 11.0. The number of hydrogen-bond donors (Lipinski definition) is 3. The molecular formula is C33H31N3O4S. The minimum absolute atomic E-state index is 0.0601. The minimum atomic E-state index is -0.492. The summed E-state index contributed by atoms with van der Waals surface area (Å²) in [6, 6.07) is 29.0. The van der Waals surface area contributed by atoms with Crippen LogP contribution < -0.4 is 20.7 Å². The lowest BCUT2D eigenvalue weighted by molar-refractivity contribution is -0.114. The topological polar surface area (TPSA) is 96.5 Å². The van der Waals surface area contributed by atoms with Crippen LogP contribution in [0.3, 0.4) is 0 Å². The van der Waals surface area contributed by atoms with Crippen molar-refractivity contribution >= 4 is 46.9 Å². The average Bonchev–Trinajstić information content (AvgIpc) is 2.96. The maximum Gasteiger partial charge on any atom is 0.272 e. The van der Waals surface area contributed by atoms with Crippen molar-refractivity contribution in [2.24, 2.45) is 0 Å². The second kappa shape index (κ2) is 14.0. The monoisotopic (exact) mass is 565 g/mol. The summed E-state index contributed by atoms with van der Waals surface area (Å²) in [5, 5.41) is 8.50. The van der Waals surface area contributed by atoms with E-state index in [9.17, 15) is 14.4 Å². The lowest BCUT2D eigenvalue weighted by atomic mass is 10.1. The fourth-order valence-corrected chi connectivity index (χ4v) is 4.81. The zero-order chi connectivity index (χ0) is 29.2. The van der Waals surface area contributed by atoms with Crippen LogP contribution in [0.25, 0.3) is 6.08 Å². The van der Waals surface area contributed by atoms with Gasteiger partial charge in [-0.15, -0.1) is 11.8 Å². The third-order valence-electron chi connectivity index (χ3n) is 5.96. The molecule has 7 nitrogen and oxygen atoms in total. The molecule has 0 heterocycles. The Balaban J connectivity index is 1.42. The number of carbonyl (C=O) groups excluding carboxylic acids is 3. The zero-order valence-electron chi connectivity index (χ0n) is 23.1. The molecule has 41 heavy (non-hydrogen) atoms. The van der Waals surface area contributed by atoms with Gasteiger partial charge in [0, 0.05) is 27.4 Å². The van der Waals surface area contributed by atoms with Crippen molar-refractivity contribution in [2.75, 3.05) is 23.5 Å². The first-order valence-electron chi connectivity index (χ1n) is 12.9. The van der Waals surface area contributed by atoms with Crippen LogP contribution in [0.5, 0.6) is 5.75 Å². The Kier molecular flexibility index (Phi) is 9.96. The molecule has 0 unspecified atom stereocenters. The summed E-state index contributed by atoms with van der Waals surface area (Å²) in [6.07, 6.45) is 1.58. The molecule has 0 aliphatic rings. The van der Waals surface area contributed by atoms with Crippen molar-refractivity contribution in [1.82, 2.24) is 5.32 Å². The van der Waals surface area contributed by atoms with E-state index in [1.54, 1.807) is 61.7 Å². The Morgan fingerprint density at radius 3 is 2.12 bits per heavy atom. The highest BCUT2D eigenvalue weighted by atomic mass is 32.2. The molecular weight excluding hydrogens is 534 g/mol. The predicted molar refractivity (Wildman–Crippen MR) is 165 cm³/mol. The summed E-state index contributed by atoms with van der Waals surface area (Å²) in [7, 11) is 1.54. The van der Waals surface area contributed by atoms with E-state index >= 15 is 0 Å². The van der Waals surface area contributed by atoms with Crippen molar-refractivity contribution < 1.29 is 19.1 Å². The summed E-state index contributed by atoms with van der Waals surface area (Å²) in [5.41, 5.74) is 4.62. The Bertz CT molecular complexity index is 1550. The molecule has 0 aliphatic heterocycles. The van der Waals surface area contributed by atoms with Crippen LogP contribution in [0.4, 0.5) is 11.4 Å². The summed E-state index contributed by atoms with van der Waals surface area (Å²) in [6.45, 7) is 3.98. The molecule has 0 bridgehead atoms. The van der Waals surface area contributed by atoms with Gasteiger partial charge in [0.1, 0.15) is 11.4 Å². The molecule has 4 aromatic rings. The minimum Gasteiger partial charge on any atom is -0.496 e. The Morgan fingerprint density at radius 1 is 0.780 bits per heavy atom. The number of anilines is 2. The van der Waals surface area contributed by atoms with Crippen molar-refractivity contribution in [3.05, 3.63) is 125 Å². The predicted octanol–water partition coefficient (Wildman–Crippen LogP) is 6.45. The molecule has 0 fully saturated rings. The second-order valence-corrected chi connectivity index (χ2v) is 10.4. The van der Waals surface area contributed by atoms with Gasteiger partial charge in [0.25, 0.3) is 11.8 Å². The van der Waals surface area contributed by atoms with E-state index in [-0.39, 0.29) is 17.4 Å². The highest BCUT2D eigenvalue weighted by molar-refractivity contribution is 8.00. The molecule has 3 amide bonds. The number of thioether (sulfide) groups is 1. The third-order valence-corrected chi connectivity index (χ3v) is 6.97. The first kappa shape index (κ1) is 29.2. The third kappa shape index (κ3) is 8.58. The number of methoxy groups -OCH3 is 1. The summed E-state index contributed by atoms with van der Waals surface area (Å²) in [4.78, 5) is 39.5. The maximum atomic E-state index is 13.3. The molecule has 4 rings (SSSR count). The highest BCUT2D eigenvalue weighted by Crippen LogP contribution is 2.23. The van der Waals surface area contributed by atoms with Crippen LogP contribution in [0.1, 0.15) is 27.0 Å². The lowest BCUT2D eigenvalue weighted by Gasteiger charge is -2.13. The average molecular weight is 566 g/mol. The number of rotatable bonds is 10. The number of carbonyl (C=O) groups is 3. The van der Waals surface area contributed by atoms with E-state index < -0.39 is 11.8 Å². The first-order valence-corrected chi connectivity index (χ1v) is 13.9. The van der Waals surface area contributed by atoms with E-state index in [2.05, 4.69) is 22.0 Å². The molecule has 208 valence electrons. The van der Waals surface area contributed by atoms with Gasteiger partial charge in [-0.3, -0.25) is 14.4 Å². The molecule has 0 radical (unpaired) electrons. The van der Waals surface area contributed by atoms with Gasteiger partial charge in [-0.1, -0.05) is 42.5 Å². The molecule has 4 aromatic carbocycles. The number of amides is 3. The number of ether oxygens (including phenoxy) is 1. The number of benzene rings is 4. The fraction of sp³-hybridized carbons (Fsp3) is 0.121. The number of para-hydroxylation sites is 1. The van der Waals surface area contributed by atoms with Crippen molar-refractivity contribution in [1.29, 1.82) is 0 Å². The zero-order valence-corrected chi connectivity index (χ0v) is 23.9. The van der Waals surface area contributed by atoms with Gasteiger partial charge < -0.3 is 20.7 Å². The first-order chi connectivity index (χ1) is 19.8. The van der Waals surface area contributed by atoms with Crippen molar-refractivity contribution in [3.8, 4) is 5.75 Å². The molecule has 0 spiro atoms. The van der Waals surface area contributed by atoms with Gasteiger partial charge in [0.05, 0.1) is 12.9 Å². The summed E-state index contributed by atoms with van der Waals surface area (Å²) in [5.74, 6) is -0.191. The smallest absolute Gasteiger partial charge is 0.272 e.